The molecule has 33 heavy (non-hydrogen) atoms. The summed E-state index contributed by atoms with van der Waals surface area (Å²) in [6, 6.07) is 18.7. The molecule has 3 heterocycles. The number of unbranched alkanes of at least 4 members (excludes halogenated alkanes) is 1. The Morgan fingerprint density at radius 1 is 0.879 bits per heavy atom. The van der Waals surface area contributed by atoms with Crippen molar-refractivity contribution in [2.24, 2.45) is 0 Å². The Balaban J connectivity index is 1.01. The second kappa shape index (κ2) is 10.3. The second-order valence-corrected chi connectivity index (χ2v) is 9.01. The van der Waals surface area contributed by atoms with Crippen molar-refractivity contribution in [2.45, 2.75) is 32.2 Å². The van der Waals surface area contributed by atoms with Crippen molar-refractivity contribution < 1.29 is 9.53 Å². The molecule has 1 saturated heterocycles. The Hall–Kier alpha value is -2.96. The molecule has 2 aliphatic heterocycles. The largest absolute Gasteiger partial charge is 0.491 e. The van der Waals surface area contributed by atoms with Gasteiger partial charge in [-0.2, -0.15) is 0 Å². The molecular formula is C27H32N4O2. The third-order valence-electron chi connectivity index (χ3n) is 6.63. The molecule has 0 unspecified atom stereocenters. The predicted octanol–water partition coefficient (Wildman–Crippen LogP) is 4.10. The SMILES string of the molecule is O=C1CCc2cccc(OCCCCN3CCN(Cc4ccc5ccccc5n4)CC3)c2N1. The van der Waals surface area contributed by atoms with Gasteiger partial charge >= 0.3 is 0 Å². The molecule has 0 saturated carbocycles. The van der Waals surface area contributed by atoms with Crippen LogP contribution >= 0.6 is 0 Å². The average molecular weight is 445 g/mol. The van der Waals surface area contributed by atoms with Gasteiger partial charge in [-0.3, -0.25) is 14.7 Å². The monoisotopic (exact) mass is 444 g/mol. The molecule has 0 spiro atoms. The minimum atomic E-state index is 0.0779. The summed E-state index contributed by atoms with van der Waals surface area (Å²) in [5, 5.41) is 4.17. The van der Waals surface area contributed by atoms with Crippen LogP contribution in [0.4, 0.5) is 5.69 Å². The van der Waals surface area contributed by atoms with E-state index >= 15 is 0 Å². The minimum Gasteiger partial charge on any atom is -0.491 e. The first-order valence-electron chi connectivity index (χ1n) is 12.1. The number of rotatable bonds is 8. The van der Waals surface area contributed by atoms with Gasteiger partial charge in [0.05, 0.1) is 23.5 Å². The lowest BCUT2D eigenvalue weighted by atomic mass is 10.0. The summed E-state index contributed by atoms with van der Waals surface area (Å²) in [6.45, 7) is 7.08. The first kappa shape index (κ1) is 21.9. The van der Waals surface area contributed by atoms with E-state index in [1.807, 2.05) is 12.1 Å². The number of nitrogens with zero attached hydrogens (tertiary/aromatic N) is 3. The maximum Gasteiger partial charge on any atom is 0.224 e. The highest BCUT2D eigenvalue weighted by atomic mass is 16.5. The van der Waals surface area contributed by atoms with Crippen LogP contribution in [0.3, 0.4) is 0 Å². The highest BCUT2D eigenvalue weighted by Gasteiger charge is 2.19. The van der Waals surface area contributed by atoms with Gasteiger partial charge in [-0.25, -0.2) is 0 Å². The van der Waals surface area contributed by atoms with Crippen molar-refractivity contribution in [1.82, 2.24) is 14.8 Å². The summed E-state index contributed by atoms with van der Waals surface area (Å²) in [4.78, 5) is 21.6. The lowest BCUT2D eigenvalue weighted by molar-refractivity contribution is -0.116. The molecule has 0 radical (unpaired) electrons. The summed E-state index contributed by atoms with van der Waals surface area (Å²) in [6.07, 6.45) is 3.48. The van der Waals surface area contributed by atoms with Crippen LogP contribution in [-0.4, -0.2) is 60.0 Å². The molecule has 6 heteroatoms. The summed E-state index contributed by atoms with van der Waals surface area (Å²) >= 11 is 0. The predicted molar refractivity (Wildman–Crippen MR) is 132 cm³/mol. The number of amides is 1. The molecule has 1 amide bonds. The van der Waals surface area contributed by atoms with E-state index in [9.17, 15) is 4.79 Å². The fourth-order valence-corrected chi connectivity index (χ4v) is 4.71. The lowest BCUT2D eigenvalue weighted by Gasteiger charge is -2.34. The lowest BCUT2D eigenvalue weighted by Crippen LogP contribution is -2.46. The van der Waals surface area contributed by atoms with Crippen LogP contribution in [0.2, 0.25) is 0 Å². The molecule has 0 aliphatic carbocycles. The number of pyridine rings is 1. The Kier molecular flexibility index (Phi) is 6.84. The van der Waals surface area contributed by atoms with Crippen LogP contribution in [0.25, 0.3) is 10.9 Å². The van der Waals surface area contributed by atoms with E-state index < -0.39 is 0 Å². The van der Waals surface area contributed by atoms with Crippen molar-refractivity contribution in [3.8, 4) is 5.75 Å². The highest BCUT2D eigenvalue weighted by Crippen LogP contribution is 2.32. The molecule has 6 nitrogen and oxygen atoms in total. The summed E-state index contributed by atoms with van der Waals surface area (Å²) in [5.41, 5.74) is 4.27. The van der Waals surface area contributed by atoms with Crippen molar-refractivity contribution in [3.05, 3.63) is 65.9 Å². The van der Waals surface area contributed by atoms with E-state index in [0.29, 0.717) is 13.0 Å². The van der Waals surface area contributed by atoms with E-state index in [0.717, 1.165) is 81.2 Å². The molecule has 1 N–H and O–H groups in total. The molecule has 0 atom stereocenters. The zero-order valence-electron chi connectivity index (χ0n) is 19.1. The maximum absolute atomic E-state index is 11.7. The van der Waals surface area contributed by atoms with Crippen molar-refractivity contribution in [2.75, 3.05) is 44.6 Å². The Morgan fingerprint density at radius 3 is 2.64 bits per heavy atom. The maximum atomic E-state index is 11.7. The van der Waals surface area contributed by atoms with Gasteiger partial charge in [0, 0.05) is 44.5 Å². The number of anilines is 1. The molecule has 3 aromatic rings. The van der Waals surface area contributed by atoms with E-state index in [4.69, 9.17) is 9.72 Å². The molecule has 5 rings (SSSR count). The highest BCUT2D eigenvalue weighted by molar-refractivity contribution is 5.95. The van der Waals surface area contributed by atoms with E-state index in [-0.39, 0.29) is 5.91 Å². The fourth-order valence-electron chi connectivity index (χ4n) is 4.71. The minimum absolute atomic E-state index is 0.0779. The average Bonchev–Trinajstić information content (AvgIpc) is 2.85. The van der Waals surface area contributed by atoms with Crippen molar-refractivity contribution in [1.29, 1.82) is 0 Å². The summed E-state index contributed by atoms with van der Waals surface area (Å²) < 4.78 is 6.01. The van der Waals surface area contributed by atoms with Crippen LogP contribution in [0, 0.1) is 0 Å². The van der Waals surface area contributed by atoms with E-state index in [1.165, 1.54) is 10.9 Å². The number of fused-ring (bicyclic) bond motifs is 2. The van der Waals surface area contributed by atoms with Gasteiger partial charge in [0.1, 0.15) is 5.75 Å². The number of aromatic nitrogens is 1. The number of aryl methyl sites for hydroxylation is 1. The number of hydrogen-bond donors (Lipinski definition) is 1. The van der Waals surface area contributed by atoms with Crippen LogP contribution < -0.4 is 10.1 Å². The van der Waals surface area contributed by atoms with Crippen LogP contribution in [0.5, 0.6) is 5.75 Å². The van der Waals surface area contributed by atoms with Crippen molar-refractivity contribution >= 4 is 22.5 Å². The van der Waals surface area contributed by atoms with Gasteiger partial charge in [0.15, 0.2) is 0 Å². The quantitative estimate of drug-likeness (QED) is 0.530. The number of piperazine rings is 1. The second-order valence-electron chi connectivity index (χ2n) is 9.01. The fraction of sp³-hybridized carbons (Fsp3) is 0.407. The van der Waals surface area contributed by atoms with Gasteiger partial charge in [-0.15, -0.1) is 0 Å². The zero-order valence-corrected chi connectivity index (χ0v) is 19.1. The molecule has 1 fully saturated rings. The molecule has 172 valence electrons. The topological polar surface area (TPSA) is 57.7 Å². The molecular weight excluding hydrogens is 412 g/mol. The molecule has 2 aromatic carbocycles. The summed E-state index contributed by atoms with van der Waals surface area (Å²) in [5.74, 6) is 0.880. The smallest absolute Gasteiger partial charge is 0.224 e. The van der Waals surface area contributed by atoms with Crippen LogP contribution in [0.15, 0.2) is 54.6 Å². The number of para-hydroxylation sites is 2. The van der Waals surface area contributed by atoms with Crippen LogP contribution in [0.1, 0.15) is 30.5 Å². The Bertz CT molecular complexity index is 1110. The van der Waals surface area contributed by atoms with Gasteiger partial charge in [-0.1, -0.05) is 36.4 Å². The standard InChI is InChI=1S/C27H32N4O2/c32-26-13-11-22-7-5-9-25(27(22)29-26)33-19-4-3-14-30-15-17-31(18-16-30)20-23-12-10-21-6-1-2-8-24(21)28-23/h1-2,5-10,12H,3-4,11,13-20H2,(H,29,32). The van der Waals surface area contributed by atoms with Gasteiger partial charge in [-0.05, 0) is 49.6 Å². The van der Waals surface area contributed by atoms with E-state index in [1.54, 1.807) is 0 Å². The first-order chi connectivity index (χ1) is 16.2. The number of hydrogen-bond acceptors (Lipinski definition) is 5. The number of nitrogens with one attached hydrogen (secondary N) is 1. The number of ether oxygens (including phenoxy) is 1. The van der Waals surface area contributed by atoms with Crippen molar-refractivity contribution in [3.63, 3.8) is 0 Å². The molecule has 2 aliphatic rings. The van der Waals surface area contributed by atoms with Gasteiger partial charge in [0.25, 0.3) is 0 Å². The molecule has 1 aromatic heterocycles. The third-order valence-corrected chi connectivity index (χ3v) is 6.63. The van der Waals surface area contributed by atoms with Gasteiger partial charge < -0.3 is 15.0 Å². The first-order valence-corrected chi connectivity index (χ1v) is 12.1. The Morgan fingerprint density at radius 2 is 1.73 bits per heavy atom. The van der Waals surface area contributed by atoms with Gasteiger partial charge in [0.2, 0.25) is 5.91 Å². The third kappa shape index (κ3) is 5.52. The molecule has 0 bridgehead atoms. The number of carbonyl (C=O) groups excluding carboxylic acids is 1. The van der Waals surface area contributed by atoms with E-state index in [2.05, 4.69) is 57.6 Å². The Labute approximate surface area is 195 Å². The summed E-state index contributed by atoms with van der Waals surface area (Å²) in [7, 11) is 0. The number of carbonyl (C=O) groups is 1. The van der Waals surface area contributed by atoms with Crippen LogP contribution in [-0.2, 0) is 17.8 Å². The zero-order chi connectivity index (χ0) is 22.5. The normalized spacial score (nSPS) is 17.0. The number of benzene rings is 2.